The third-order valence-corrected chi connectivity index (χ3v) is 2.66. The molecule has 20 heavy (non-hydrogen) atoms. The molecule has 3 aromatic rings. The average molecular weight is 267 g/mol. The second-order valence-corrected chi connectivity index (χ2v) is 3.96. The highest BCUT2D eigenvalue weighted by Crippen LogP contribution is 2.26. The van der Waals surface area contributed by atoms with Gasteiger partial charge in [0.05, 0.1) is 5.52 Å². The first-order valence-corrected chi connectivity index (χ1v) is 5.82. The first-order chi connectivity index (χ1) is 9.74. The first kappa shape index (κ1) is 12.0. The highest BCUT2D eigenvalue weighted by atomic mass is 16.5. The highest BCUT2D eigenvalue weighted by Gasteiger charge is 2.09. The molecule has 1 N–H and O–H groups in total. The molecule has 0 unspecified atom stereocenters. The van der Waals surface area contributed by atoms with Crippen molar-refractivity contribution in [2.75, 3.05) is 0 Å². The van der Waals surface area contributed by atoms with E-state index in [2.05, 4.69) is 15.0 Å². The number of aromatic carboxylic acids is 1. The molecule has 0 aliphatic heterocycles. The van der Waals surface area contributed by atoms with Crippen LogP contribution in [0.1, 0.15) is 10.5 Å². The summed E-state index contributed by atoms with van der Waals surface area (Å²) in [6.45, 7) is 0. The number of benzene rings is 1. The standard InChI is InChI=1S/C14H9N3O3/c18-13(19)11-6-8-16-14(17-11)20-12-5-1-4-10-9(12)3-2-7-15-10/h1-8H,(H,18,19). The lowest BCUT2D eigenvalue weighted by atomic mass is 10.2. The maximum atomic E-state index is 10.9. The van der Waals surface area contributed by atoms with Crippen LogP contribution in [0.15, 0.2) is 48.8 Å². The van der Waals surface area contributed by atoms with E-state index in [1.165, 1.54) is 12.3 Å². The van der Waals surface area contributed by atoms with Crippen LogP contribution in [0.5, 0.6) is 11.8 Å². The first-order valence-electron chi connectivity index (χ1n) is 5.82. The quantitative estimate of drug-likeness (QED) is 0.784. The SMILES string of the molecule is O=C(O)c1ccnc(Oc2cccc3ncccc23)n1. The molecule has 2 aromatic heterocycles. The average Bonchev–Trinajstić information content (AvgIpc) is 2.48. The molecule has 98 valence electrons. The van der Waals surface area contributed by atoms with E-state index in [0.29, 0.717) is 5.75 Å². The molecule has 0 saturated heterocycles. The predicted octanol–water partition coefficient (Wildman–Crippen LogP) is 2.52. The zero-order chi connectivity index (χ0) is 13.9. The molecule has 0 bridgehead atoms. The van der Waals surface area contributed by atoms with Crippen molar-refractivity contribution in [3.8, 4) is 11.8 Å². The van der Waals surface area contributed by atoms with Crippen molar-refractivity contribution in [1.29, 1.82) is 0 Å². The molecule has 0 saturated carbocycles. The molecule has 6 heteroatoms. The minimum atomic E-state index is -1.13. The molecule has 6 nitrogen and oxygen atoms in total. The summed E-state index contributed by atoms with van der Waals surface area (Å²) in [6, 6.07) is 10.4. The van der Waals surface area contributed by atoms with Gasteiger partial charge in [0.1, 0.15) is 5.75 Å². The van der Waals surface area contributed by atoms with E-state index in [4.69, 9.17) is 9.84 Å². The van der Waals surface area contributed by atoms with Crippen molar-refractivity contribution in [1.82, 2.24) is 15.0 Å². The van der Waals surface area contributed by atoms with Gasteiger partial charge < -0.3 is 9.84 Å². The Bertz CT molecular complexity index is 784. The number of ether oxygens (including phenoxy) is 1. The second kappa shape index (κ2) is 4.93. The third kappa shape index (κ3) is 2.26. The Morgan fingerprint density at radius 2 is 1.95 bits per heavy atom. The van der Waals surface area contributed by atoms with Crippen LogP contribution in [-0.4, -0.2) is 26.0 Å². The molecule has 0 radical (unpaired) electrons. The van der Waals surface area contributed by atoms with Gasteiger partial charge in [0.25, 0.3) is 0 Å². The van der Waals surface area contributed by atoms with Crippen LogP contribution >= 0.6 is 0 Å². The van der Waals surface area contributed by atoms with Gasteiger partial charge in [0.2, 0.25) is 0 Å². The molecule has 2 heterocycles. The van der Waals surface area contributed by atoms with Gasteiger partial charge in [-0.25, -0.2) is 9.78 Å². The van der Waals surface area contributed by atoms with E-state index in [1.54, 1.807) is 24.4 Å². The zero-order valence-electron chi connectivity index (χ0n) is 10.2. The maximum Gasteiger partial charge on any atom is 0.354 e. The fraction of sp³-hybridized carbons (Fsp3) is 0. The van der Waals surface area contributed by atoms with Crippen molar-refractivity contribution in [3.05, 3.63) is 54.5 Å². The Hall–Kier alpha value is -3.02. The maximum absolute atomic E-state index is 10.9. The summed E-state index contributed by atoms with van der Waals surface area (Å²) in [5.74, 6) is -0.602. The van der Waals surface area contributed by atoms with Crippen LogP contribution in [-0.2, 0) is 0 Å². The number of pyridine rings is 1. The van der Waals surface area contributed by atoms with Gasteiger partial charge in [-0.15, -0.1) is 0 Å². The third-order valence-electron chi connectivity index (χ3n) is 2.66. The monoisotopic (exact) mass is 267 g/mol. The van der Waals surface area contributed by atoms with E-state index in [1.807, 2.05) is 12.1 Å². The number of rotatable bonds is 3. The van der Waals surface area contributed by atoms with E-state index in [-0.39, 0.29) is 11.7 Å². The normalized spacial score (nSPS) is 10.4. The smallest absolute Gasteiger partial charge is 0.354 e. The summed E-state index contributed by atoms with van der Waals surface area (Å²) < 4.78 is 5.56. The summed E-state index contributed by atoms with van der Waals surface area (Å²) in [5.41, 5.74) is 0.660. The van der Waals surface area contributed by atoms with Crippen molar-refractivity contribution < 1.29 is 14.6 Å². The van der Waals surface area contributed by atoms with Gasteiger partial charge >= 0.3 is 12.0 Å². The van der Waals surface area contributed by atoms with Crippen molar-refractivity contribution in [3.63, 3.8) is 0 Å². The van der Waals surface area contributed by atoms with Gasteiger partial charge in [0, 0.05) is 17.8 Å². The minimum absolute atomic E-state index is 0.0127. The van der Waals surface area contributed by atoms with Crippen LogP contribution in [0.4, 0.5) is 0 Å². The van der Waals surface area contributed by atoms with Crippen LogP contribution in [0.25, 0.3) is 10.9 Å². The highest BCUT2D eigenvalue weighted by molar-refractivity contribution is 5.86. The fourth-order valence-corrected chi connectivity index (χ4v) is 1.77. The Morgan fingerprint density at radius 1 is 1.05 bits per heavy atom. The molecule has 1 aromatic carbocycles. The molecular weight excluding hydrogens is 258 g/mol. The Morgan fingerprint density at radius 3 is 2.80 bits per heavy atom. The second-order valence-electron chi connectivity index (χ2n) is 3.96. The summed E-state index contributed by atoms with van der Waals surface area (Å²) >= 11 is 0. The number of carboxylic acids is 1. The Balaban J connectivity index is 2.01. The van der Waals surface area contributed by atoms with Gasteiger partial charge in [0.15, 0.2) is 5.69 Å². The molecule has 0 aliphatic carbocycles. The van der Waals surface area contributed by atoms with Gasteiger partial charge in [-0.1, -0.05) is 6.07 Å². The van der Waals surface area contributed by atoms with Crippen molar-refractivity contribution in [2.45, 2.75) is 0 Å². The molecule has 0 fully saturated rings. The molecule has 0 atom stereocenters. The molecule has 3 rings (SSSR count). The Labute approximate surface area is 113 Å². The van der Waals surface area contributed by atoms with Crippen molar-refractivity contribution >= 4 is 16.9 Å². The zero-order valence-corrected chi connectivity index (χ0v) is 10.2. The lowest BCUT2D eigenvalue weighted by Gasteiger charge is -2.06. The summed E-state index contributed by atoms with van der Waals surface area (Å²) in [6.07, 6.45) is 3.03. The van der Waals surface area contributed by atoms with Crippen LogP contribution in [0, 0.1) is 0 Å². The van der Waals surface area contributed by atoms with E-state index < -0.39 is 5.97 Å². The van der Waals surface area contributed by atoms with Gasteiger partial charge in [-0.05, 0) is 30.3 Å². The number of carboxylic acid groups (broad SMARTS) is 1. The van der Waals surface area contributed by atoms with Gasteiger partial charge in [-0.2, -0.15) is 4.98 Å². The number of nitrogens with zero attached hydrogens (tertiary/aromatic N) is 3. The molecule has 0 aliphatic rings. The van der Waals surface area contributed by atoms with E-state index in [0.717, 1.165) is 10.9 Å². The van der Waals surface area contributed by atoms with Gasteiger partial charge in [-0.3, -0.25) is 4.98 Å². The van der Waals surface area contributed by atoms with E-state index >= 15 is 0 Å². The number of carbonyl (C=O) groups is 1. The predicted molar refractivity (Wildman–Crippen MR) is 70.8 cm³/mol. The Kier molecular flexibility index (Phi) is 2.96. The summed E-state index contributed by atoms with van der Waals surface area (Å²) in [7, 11) is 0. The van der Waals surface area contributed by atoms with E-state index in [9.17, 15) is 4.79 Å². The summed E-state index contributed by atoms with van der Waals surface area (Å²) in [5, 5.41) is 9.70. The number of fused-ring (bicyclic) bond motifs is 1. The largest absolute Gasteiger partial charge is 0.477 e. The fourth-order valence-electron chi connectivity index (χ4n) is 1.77. The number of hydrogen-bond donors (Lipinski definition) is 1. The van der Waals surface area contributed by atoms with Crippen LogP contribution in [0.3, 0.4) is 0 Å². The topological polar surface area (TPSA) is 85.2 Å². The molecule has 0 amide bonds. The van der Waals surface area contributed by atoms with Crippen molar-refractivity contribution in [2.24, 2.45) is 0 Å². The minimum Gasteiger partial charge on any atom is -0.477 e. The lowest BCUT2D eigenvalue weighted by Crippen LogP contribution is -2.02. The lowest BCUT2D eigenvalue weighted by molar-refractivity contribution is 0.0689. The number of hydrogen-bond acceptors (Lipinski definition) is 5. The van der Waals surface area contributed by atoms with Crippen LogP contribution < -0.4 is 4.74 Å². The summed E-state index contributed by atoms with van der Waals surface area (Å²) in [4.78, 5) is 22.8. The molecular formula is C14H9N3O3. The molecule has 0 spiro atoms. The number of aromatic nitrogens is 3. The van der Waals surface area contributed by atoms with Crippen LogP contribution in [0.2, 0.25) is 0 Å².